The standard InChI is InChI=1S/C29H35ClN2O5S/c1-36-20-3-6-22(7-4-20)38-16-15-32-13-11-29(12-14-32,18-27(34)35)10-9-26(33)28-23-17-21(37-2)5-8-25(23)31-19-24(28)30/h3-8,17,19,26,33H,9-16,18H2,1-2H3,(H,34,35)/t26-/m1/s1. The van der Waals surface area contributed by atoms with E-state index >= 15 is 0 Å². The maximum absolute atomic E-state index is 11.8. The third-order valence-electron chi connectivity index (χ3n) is 7.53. The van der Waals surface area contributed by atoms with Crippen LogP contribution >= 0.6 is 23.4 Å². The van der Waals surface area contributed by atoms with Gasteiger partial charge in [-0.1, -0.05) is 11.6 Å². The largest absolute Gasteiger partial charge is 0.497 e. The lowest BCUT2D eigenvalue weighted by atomic mass is 9.71. The van der Waals surface area contributed by atoms with E-state index in [1.54, 1.807) is 20.4 Å². The number of pyridine rings is 1. The van der Waals surface area contributed by atoms with Crippen LogP contribution in [0.3, 0.4) is 0 Å². The molecule has 0 spiro atoms. The van der Waals surface area contributed by atoms with Crippen LogP contribution in [0.25, 0.3) is 10.9 Å². The zero-order valence-corrected chi connectivity index (χ0v) is 23.4. The predicted octanol–water partition coefficient (Wildman–Crippen LogP) is 6.07. The van der Waals surface area contributed by atoms with Crippen LogP contribution < -0.4 is 9.47 Å². The first-order valence-corrected chi connectivity index (χ1v) is 14.2. The highest BCUT2D eigenvalue weighted by Gasteiger charge is 2.37. The molecular weight excluding hydrogens is 524 g/mol. The molecule has 4 rings (SSSR count). The zero-order valence-electron chi connectivity index (χ0n) is 21.9. The molecule has 0 unspecified atom stereocenters. The Morgan fingerprint density at radius 3 is 2.47 bits per heavy atom. The number of nitrogens with zero attached hydrogens (tertiary/aromatic N) is 2. The second kappa shape index (κ2) is 13.0. The van der Waals surface area contributed by atoms with E-state index in [0.717, 1.165) is 54.9 Å². The number of hydrogen-bond acceptors (Lipinski definition) is 7. The highest BCUT2D eigenvalue weighted by Crippen LogP contribution is 2.43. The number of ether oxygens (including phenoxy) is 2. The second-order valence-electron chi connectivity index (χ2n) is 9.89. The Hall–Kier alpha value is -2.52. The van der Waals surface area contributed by atoms with Crippen molar-refractivity contribution >= 4 is 40.2 Å². The van der Waals surface area contributed by atoms with Crippen molar-refractivity contribution in [1.82, 2.24) is 9.88 Å². The van der Waals surface area contributed by atoms with Crippen LogP contribution in [-0.2, 0) is 4.79 Å². The van der Waals surface area contributed by atoms with Gasteiger partial charge < -0.3 is 24.6 Å². The number of thioether (sulfide) groups is 1. The van der Waals surface area contributed by atoms with Gasteiger partial charge in [0.15, 0.2) is 0 Å². The van der Waals surface area contributed by atoms with Gasteiger partial charge in [0, 0.05) is 34.3 Å². The Morgan fingerprint density at radius 2 is 1.82 bits per heavy atom. The Labute approximate surface area is 233 Å². The summed E-state index contributed by atoms with van der Waals surface area (Å²) in [5.74, 6) is 1.69. The summed E-state index contributed by atoms with van der Waals surface area (Å²) >= 11 is 8.30. The minimum atomic E-state index is -0.829. The minimum absolute atomic E-state index is 0.104. The first kappa shape index (κ1) is 28.5. The van der Waals surface area contributed by atoms with Gasteiger partial charge in [-0.2, -0.15) is 0 Å². The molecule has 9 heteroatoms. The number of likely N-dealkylation sites (tertiary alicyclic amines) is 1. The molecule has 2 heterocycles. The molecule has 1 atom stereocenters. The molecule has 1 aliphatic rings. The number of carboxylic acid groups (broad SMARTS) is 1. The molecule has 1 fully saturated rings. The number of rotatable bonds is 12. The number of carbonyl (C=O) groups is 1. The summed E-state index contributed by atoms with van der Waals surface area (Å²) in [5, 5.41) is 22.1. The first-order valence-electron chi connectivity index (χ1n) is 12.8. The summed E-state index contributed by atoms with van der Waals surface area (Å²) in [6.07, 6.45) is 3.45. The van der Waals surface area contributed by atoms with E-state index in [4.69, 9.17) is 21.1 Å². The van der Waals surface area contributed by atoms with Gasteiger partial charge in [0.2, 0.25) is 0 Å². The summed E-state index contributed by atoms with van der Waals surface area (Å²) in [6, 6.07) is 13.6. The summed E-state index contributed by atoms with van der Waals surface area (Å²) in [4.78, 5) is 19.8. The molecule has 204 valence electrons. The van der Waals surface area contributed by atoms with Gasteiger partial charge >= 0.3 is 5.97 Å². The number of aliphatic hydroxyl groups is 1. The lowest BCUT2D eigenvalue weighted by molar-refractivity contribution is -0.141. The van der Waals surface area contributed by atoms with E-state index in [1.165, 1.54) is 4.90 Å². The van der Waals surface area contributed by atoms with Gasteiger partial charge in [0.1, 0.15) is 11.5 Å². The van der Waals surface area contributed by atoms with Gasteiger partial charge in [-0.05, 0) is 86.7 Å². The third-order valence-corrected chi connectivity index (χ3v) is 8.82. The molecule has 0 radical (unpaired) electrons. The number of piperidine rings is 1. The van der Waals surface area contributed by atoms with E-state index in [9.17, 15) is 15.0 Å². The number of aromatic nitrogens is 1. The predicted molar refractivity (Wildman–Crippen MR) is 152 cm³/mol. The van der Waals surface area contributed by atoms with E-state index in [1.807, 2.05) is 42.1 Å². The SMILES string of the molecule is COc1ccc(SCCN2CCC(CC[C@@H](O)c3c(Cl)cnc4ccc(OC)cc34)(CC(=O)O)CC2)cc1. The van der Waals surface area contributed by atoms with Crippen LogP contribution in [0.15, 0.2) is 53.6 Å². The molecule has 0 saturated carbocycles. The van der Waals surface area contributed by atoms with Crippen molar-refractivity contribution in [3.8, 4) is 11.5 Å². The zero-order chi connectivity index (χ0) is 27.1. The van der Waals surface area contributed by atoms with Crippen molar-refractivity contribution in [3.63, 3.8) is 0 Å². The molecular formula is C29H35ClN2O5S. The Morgan fingerprint density at radius 1 is 1.13 bits per heavy atom. The Kier molecular flexibility index (Phi) is 9.76. The molecule has 0 amide bonds. The van der Waals surface area contributed by atoms with Crippen LogP contribution in [0.4, 0.5) is 0 Å². The second-order valence-corrected chi connectivity index (χ2v) is 11.5. The molecule has 3 aromatic rings. The number of aliphatic carboxylic acids is 1. The van der Waals surface area contributed by atoms with E-state index in [2.05, 4.69) is 22.0 Å². The number of carboxylic acids is 1. The van der Waals surface area contributed by atoms with Crippen LogP contribution in [0.1, 0.15) is 43.8 Å². The number of halogens is 1. The lowest BCUT2D eigenvalue weighted by Gasteiger charge is -2.41. The molecule has 7 nitrogen and oxygen atoms in total. The van der Waals surface area contributed by atoms with Crippen molar-refractivity contribution in [1.29, 1.82) is 0 Å². The fourth-order valence-corrected chi connectivity index (χ4v) is 6.46. The fourth-order valence-electron chi connectivity index (χ4n) is 5.27. The normalized spacial score (nSPS) is 16.3. The smallest absolute Gasteiger partial charge is 0.303 e. The van der Waals surface area contributed by atoms with Gasteiger partial charge in [-0.3, -0.25) is 9.78 Å². The van der Waals surface area contributed by atoms with Crippen molar-refractivity contribution in [2.24, 2.45) is 5.41 Å². The number of hydrogen-bond donors (Lipinski definition) is 2. The van der Waals surface area contributed by atoms with Crippen molar-refractivity contribution in [3.05, 3.63) is 59.2 Å². The molecule has 38 heavy (non-hydrogen) atoms. The lowest BCUT2D eigenvalue weighted by Crippen LogP contribution is -2.42. The highest BCUT2D eigenvalue weighted by atomic mass is 35.5. The summed E-state index contributed by atoms with van der Waals surface area (Å²) in [6.45, 7) is 2.65. The average Bonchev–Trinajstić information content (AvgIpc) is 2.92. The van der Waals surface area contributed by atoms with Gasteiger partial charge in [0.25, 0.3) is 0 Å². The number of methoxy groups -OCH3 is 2. The first-order chi connectivity index (χ1) is 18.3. The maximum Gasteiger partial charge on any atom is 0.303 e. The quantitative estimate of drug-likeness (QED) is 0.259. The van der Waals surface area contributed by atoms with E-state index < -0.39 is 12.1 Å². The number of aliphatic hydroxyl groups excluding tert-OH is 1. The summed E-state index contributed by atoms with van der Waals surface area (Å²) in [5.41, 5.74) is 0.999. The average molecular weight is 559 g/mol. The van der Waals surface area contributed by atoms with Crippen LogP contribution in [0.2, 0.25) is 5.02 Å². The molecule has 1 aromatic heterocycles. The topological polar surface area (TPSA) is 92.1 Å². The van der Waals surface area contributed by atoms with E-state index in [-0.39, 0.29) is 11.8 Å². The van der Waals surface area contributed by atoms with Crippen LogP contribution in [0, 0.1) is 5.41 Å². The fraction of sp³-hybridized carbons (Fsp3) is 0.448. The monoisotopic (exact) mass is 558 g/mol. The molecule has 0 aliphatic carbocycles. The van der Waals surface area contributed by atoms with Gasteiger partial charge in [-0.15, -0.1) is 11.8 Å². The molecule has 1 aliphatic heterocycles. The minimum Gasteiger partial charge on any atom is -0.497 e. The molecule has 1 saturated heterocycles. The third kappa shape index (κ3) is 7.11. The van der Waals surface area contributed by atoms with Crippen molar-refractivity contribution < 1.29 is 24.5 Å². The van der Waals surface area contributed by atoms with Crippen LogP contribution in [0.5, 0.6) is 11.5 Å². The molecule has 0 bridgehead atoms. The summed E-state index contributed by atoms with van der Waals surface area (Å²) < 4.78 is 10.6. The van der Waals surface area contributed by atoms with Crippen LogP contribution in [-0.4, -0.2) is 65.7 Å². The highest BCUT2D eigenvalue weighted by molar-refractivity contribution is 7.99. The summed E-state index contributed by atoms with van der Waals surface area (Å²) in [7, 11) is 3.26. The van der Waals surface area contributed by atoms with E-state index in [0.29, 0.717) is 29.2 Å². The van der Waals surface area contributed by atoms with Crippen molar-refractivity contribution in [2.75, 3.05) is 39.6 Å². The van der Waals surface area contributed by atoms with Crippen molar-refractivity contribution in [2.45, 2.75) is 43.1 Å². The number of fused-ring (bicyclic) bond motifs is 1. The Bertz CT molecular complexity index is 1230. The van der Waals surface area contributed by atoms with Gasteiger partial charge in [-0.25, -0.2) is 0 Å². The number of benzene rings is 2. The van der Waals surface area contributed by atoms with Gasteiger partial charge in [0.05, 0.1) is 37.3 Å². The molecule has 2 N–H and O–H groups in total. The Balaban J connectivity index is 1.36. The molecule has 2 aromatic carbocycles. The maximum atomic E-state index is 11.8.